The molecule has 0 unspecified atom stereocenters. The smallest absolute Gasteiger partial charge is 0.122 e. The average Bonchev–Trinajstić information content (AvgIpc) is 2.81. The monoisotopic (exact) mass is 263 g/mol. The zero-order valence-corrected chi connectivity index (χ0v) is 11.7. The van der Waals surface area contributed by atoms with Crippen molar-refractivity contribution in [1.82, 2.24) is 4.98 Å². The predicted octanol–water partition coefficient (Wildman–Crippen LogP) is 3.66. The Labute approximate surface area is 111 Å². The molecule has 2 rings (SSSR count). The molecule has 0 N–H and O–H groups in total. The molecule has 18 heavy (non-hydrogen) atoms. The van der Waals surface area contributed by atoms with E-state index < -0.39 is 0 Å². The maximum Gasteiger partial charge on any atom is 0.122 e. The van der Waals surface area contributed by atoms with Gasteiger partial charge in [0.15, 0.2) is 0 Å². The first kappa shape index (κ1) is 13.1. The molecule has 0 aliphatic carbocycles. The lowest BCUT2D eigenvalue weighted by molar-refractivity contribution is 0.184. The Kier molecular flexibility index (Phi) is 4.33. The van der Waals surface area contributed by atoms with Crippen molar-refractivity contribution in [3.63, 3.8) is 0 Å². The van der Waals surface area contributed by atoms with Crippen LogP contribution in [-0.4, -0.2) is 18.7 Å². The van der Waals surface area contributed by atoms with Crippen LogP contribution in [0.25, 0.3) is 11.3 Å². The zero-order valence-electron chi connectivity index (χ0n) is 10.9. The first-order valence-electron chi connectivity index (χ1n) is 5.91. The van der Waals surface area contributed by atoms with E-state index in [2.05, 4.69) is 23.4 Å². The summed E-state index contributed by atoms with van der Waals surface area (Å²) in [4.78, 5) is 4.54. The van der Waals surface area contributed by atoms with E-state index in [1.165, 1.54) is 0 Å². The van der Waals surface area contributed by atoms with Crippen molar-refractivity contribution in [2.45, 2.75) is 20.5 Å². The van der Waals surface area contributed by atoms with Gasteiger partial charge in [-0.3, -0.25) is 0 Å². The average molecular weight is 263 g/mol. The van der Waals surface area contributed by atoms with Gasteiger partial charge in [-0.25, -0.2) is 4.98 Å². The molecule has 4 heteroatoms. The van der Waals surface area contributed by atoms with Crippen LogP contribution in [0.1, 0.15) is 17.5 Å². The number of rotatable bonds is 5. The SMILES string of the molecule is CCOc1ccc(-c2csc(COC)n2)cc1C. The number of nitrogens with zero attached hydrogens (tertiary/aromatic N) is 1. The van der Waals surface area contributed by atoms with Crippen LogP contribution in [0.5, 0.6) is 5.75 Å². The molecule has 0 aliphatic rings. The minimum absolute atomic E-state index is 0.570. The van der Waals surface area contributed by atoms with E-state index in [1.807, 2.05) is 19.1 Å². The van der Waals surface area contributed by atoms with Crippen molar-refractivity contribution in [3.05, 3.63) is 34.2 Å². The molecular formula is C14H17NO2S. The van der Waals surface area contributed by atoms with Gasteiger partial charge >= 0.3 is 0 Å². The lowest BCUT2D eigenvalue weighted by atomic mass is 10.1. The molecule has 3 nitrogen and oxygen atoms in total. The highest BCUT2D eigenvalue weighted by Gasteiger charge is 2.06. The number of hydrogen-bond acceptors (Lipinski definition) is 4. The van der Waals surface area contributed by atoms with E-state index in [0.717, 1.165) is 27.6 Å². The zero-order chi connectivity index (χ0) is 13.0. The van der Waals surface area contributed by atoms with Crippen LogP contribution in [-0.2, 0) is 11.3 Å². The standard InChI is InChI=1S/C14H17NO2S/c1-4-17-13-6-5-11(7-10(13)2)12-9-18-14(15-12)8-16-3/h5-7,9H,4,8H2,1-3H3. The van der Waals surface area contributed by atoms with Gasteiger partial charge in [0.25, 0.3) is 0 Å². The number of aryl methyl sites for hydroxylation is 1. The van der Waals surface area contributed by atoms with Gasteiger partial charge in [0, 0.05) is 18.1 Å². The molecule has 0 fully saturated rings. The third kappa shape index (κ3) is 2.89. The summed E-state index contributed by atoms with van der Waals surface area (Å²) in [6.07, 6.45) is 0. The van der Waals surface area contributed by atoms with Gasteiger partial charge in [0.1, 0.15) is 10.8 Å². The molecule has 1 aromatic heterocycles. The molecule has 0 saturated carbocycles. The number of methoxy groups -OCH3 is 1. The van der Waals surface area contributed by atoms with Crippen LogP contribution in [0.3, 0.4) is 0 Å². The number of aromatic nitrogens is 1. The molecule has 0 aliphatic heterocycles. The molecule has 0 spiro atoms. The van der Waals surface area contributed by atoms with Crippen molar-refractivity contribution in [3.8, 4) is 17.0 Å². The van der Waals surface area contributed by atoms with E-state index in [-0.39, 0.29) is 0 Å². The van der Waals surface area contributed by atoms with Gasteiger partial charge in [-0.15, -0.1) is 11.3 Å². The van der Waals surface area contributed by atoms with E-state index in [9.17, 15) is 0 Å². The Balaban J connectivity index is 2.24. The van der Waals surface area contributed by atoms with Crippen LogP contribution in [0.15, 0.2) is 23.6 Å². The second-order valence-electron chi connectivity index (χ2n) is 3.97. The van der Waals surface area contributed by atoms with E-state index in [1.54, 1.807) is 18.4 Å². The van der Waals surface area contributed by atoms with Crippen LogP contribution < -0.4 is 4.74 Å². The fourth-order valence-corrected chi connectivity index (χ4v) is 2.53. The summed E-state index contributed by atoms with van der Waals surface area (Å²) in [7, 11) is 1.68. The Bertz CT molecular complexity index is 522. The van der Waals surface area contributed by atoms with Gasteiger partial charge < -0.3 is 9.47 Å². The predicted molar refractivity (Wildman–Crippen MR) is 74.2 cm³/mol. The number of ether oxygens (including phenoxy) is 2. The molecular weight excluding hydrogens is 246 g/mol. The van der Waals surface area contributed by atoms with Crippen LogP contribution in [0.4, 0.5) is 0 Å². The third-order valence-corrected chi connectivity index (χ3v) is 3.41. The largest absolute Gasteiger partial charge is 0.494 e. The van der Waals surface area contributed by atoms with Crippen LogP contribution >= 0.6 is 11.3 Å². The van der Waals surface area contributed by atoms with Crippen molar-refractivity contribution in [2.75, 3.05) is 13.7 Å². The van der Waals surface area contributed by atoms with Gasteiger partial charge in [-0.05, 0) is 37.6 Å². The number of thiazole rings is 1. The highest BCUT2D eigenvalue weighted by Crippen LogP contribution is 2.27. The van der Waals surface area contributed by atoms with Gasteiger partial charge in [0.2, 0.25) is 0 Å². The molecule has 0 bridgehead atoms. The van der Waals surface area contributed by atoms with Crippen molar-refractivity contribution in [1.29, 1.82) is 0 Å². The summed E-state index contributed by atoms with van der Waals surface area (Å²) in [5.74, 6) is 0.939. The highest BCUT2D eigenvalue weighted by atomic mass is 32.1. The summed E-state index contributed by atoms with van der Waals surface area (Å²) in [5, 5.41) is 3.06. The molecule has 0 amide bonds. The molecule has 0 saturated heterocycles. The van der Waals surface area contributed by atoms with E-state index in [4.69, 9.17) is 9.47 Å². The minimum Gasteiger partial charge on any atom is -0.494 e. The first-order valence-corrected chi connectivity index (χ1v) is 6.79. The van der Waals surface area contributed by atoms with Gasteiger partial charge in [0.05, 0.1) is 18.9 Å². The Morgan fingerprint density at radius 1 is 1.33 bits per heavy atom. The molecule has 0 radical (unpaired) electrons. The minimum atomic E-state index is 0.570. The van der Waals surface area contributed by atoms with Gasteiger partial charge in [-0.1, -0.05) is 0 Å². The molecule has 0 atom stereocenters. The second-order valence-corrected chi connectivity index (χ2v) is 4.92. The van der Waals surface area contributed by atoms with Crippen molar-refractivity contribution < 1.29 is 9.47 Å². The second kappa shape index (κ2) is 5.98. The topological polar surface area (TPSA) is 31.4 Å². The maximum absolute atomic E-state index is 5.53. The van der Waals surface area contributed by atoms with E-state index in [0.29, 0.717) is 13.2 Å². The highest BCUT2D eigenvalue weighted by molar-refractivity contribution is 7.09. The summed E-state index contributed by atoms with van der Waals surface area (Å²) in [6, 6.07) is 6.16. The normalized spacial score (nSPS) is 10.6. The Morgan fingerprint density at radius 2 is 2.17 bits per heavy atom. The lowest BCUT2D eigenvalue weighted by Crippen LogP contribution is -1.94. The fourth-order valence-electron chi connectivity index (χ4n) is 1.76. The number of benzene rings is 1. The molecule has 1 heterocycles. The summed E-state index contributed by atoms with van der Waals surface area (Å²) >= 11 is 1.62. The molecule has 1 aromatic carbocycles. The molecule has 2 aromatic rings. The molecule has 96 valence electrons. The van der Waals surface area contributed by atoms with Crippen LogP contribution in [0, 0.1) is 6.92 Å². The maximum atomic E-state index is 5.53. The summed E-state index contributed by atoms with van der Waals surface area (Å²) < 4.78 is 10.6. The Morgan fingerprint density at radius 3 is 2.83 bits per heavy atom. The van der Waals surface area contributed by atoms with Crippen molar-refractivity contribution in [2.24, 2.45) is 0 Å². The fraction of sp³-hybridized carbons (Fsp3) is 0.357. The third-order valence-electron chi connectivity index (χ3n) is 2.59. The van der Waals surface area contributed by atoms with Crippen LogP contribution in [0.2, 0.25) is 0 Å². The van der Waals surface area contributed by atoms with Crippen molar-refractivity contribution >= 4 is 11.3 Å². The quantitative estimate of drug-likeness (QED) is 0.825. The van der Waals surface area contributed by atoms with E-state index >= 15 is 0 Å². The number of hydrogen-bond donors (Lipinski definition) is 0. The summed E-state index contributed by atoms with van der Waals surface area (Å²) in [5.41, 5.74) is 3.25. The summed E-state index contributed by atoms with van der Waals surface area (Å²) in [6.45, 7) is 5.30. The Hall–Kier alpha value is -1.39. The van der Waals surface area contributed by atoms with Gasteiger partial charge in [-0.2, -0.15) is 0 Å². The first-order chi connectivity index (χ1) is 8.74. The lowest BCUT2D eigenvalue weighted by Gasteiger charge is -2.07.